The fourth-order valence-electron chi connectivity index (χ4n) is 2.02. The molecule has 2 aromatic rings. The topological polar surface area (TPSA) is 22.4 Å². The normalized spacial score (nSPS) is 17.7. The van der Waals surface area contributed by atoms with Crippen LogP contribution in [0.5, 0.6) is 5.75 Å². The van der Waals surface area contributed by atoms with Crippen LogP contribution < -0.4 is 4.74 Å². The van der Waals surface area contributed by atoms with E-state index in [2.05, 4.69) is 0 Å². The molecule has 0 saturated heterocycles. The smallest absolute Gasteiger partial charge is 0.429 e. The first-order valence-corrected chi connectivity index (χ1v) is 6.12. The van der Waals surface area contributed by atoms with Crippen molar-refractivity contribution >= 4 is 17.7 Å². The van der Waals surface area contributed by atoms with Gasteiger partial charge in [0.05, 0.1) is 11.8 Å². The first-order valence-electron chi connectivity index (χ1n) is 5.74. The molecule has 0 spiro atoms. The molecule has 1 aliphatic rings. The van der Waals surface area contributed by atoms with E-state index >= 15 is 0 Å². The number of rotatable bonds is 1. The maximum Gasteiger partial charge on any atom is 0.429 e. The van der Waals surface area contributed by atoms with Crippen molar-refractivity contribution in [3.63, 3.8) is 0 Å². The van der Waals surface area contributed by atoms with Crippen LogP contribution in [0.3, 0.4) is 0 Å². The molecule has 20 heavy (non-hydrogen) atoms. The summed E-state index contributed by atoms with van der Waals surface area (Å²) < 4.78 is 48.6. The average Bonchev–Trinajstić information content (AvgIpc) is 2.89. The number of furan rings is 1. The third-order valence-electron chi connectivity index (χ3n) is 2.89. The van der Waals surface area contributed by atoms with Crippen molar-refractivity contribution in [3.8, 4) is 17.1 Å². The molecule has 0 radical (unpaired) electrons. The Labute approximate surface area is 117 Å². The number of alkyl halides is 3. The lowest BCUT2D eigenvalue weighted by atomic mass is 10.0. The summed E-state index contributed by atoms with van der Waals surface area (Å²) in [6.45, 7) is 0. The van der Waals surface area contributed by atoms with Crippen LogP contribution in [-0.2, 0) is 0 Å². The van der Waals surface area contributed by atoms with E-state index in [0.717, 1.165) is 6.08 Å². The van der Waals surface area contributed by atoms with Crippen molar-refractivity contribution in [2.45, 2.75) is 12.3 Å². The van der Waals surface area contributed by atoms with Gasteiger partial charge < -0.3 is 9.15 Å². The highest BCUT2D eigenvalue weighted by Gasteiger charge is 2.42. The van der Waals surface area contributed by atoms with E-state index in [1.807, 2.05) is 0 Å². The summed E-state index contributed by atoms with van der Waals surface area (Å²) in [5.41, 5.74) is 0.889. The number of halogens is 4. The van der Waals surface area contributed by atoms with Gasteiger partial charge in [-0.05, 0) is 30.3 Å². The highest BCUT2D eigenvalue weighted by Crippen LogP contribution is 2.41. The summed E-state index contributed by atoms with van der Waals surface area (Å²) in [5, 5.41) is 0.397. The average molecular weight is 301 g/mol. The molecule has 1 unspecified atom stereocenters. The van der Waals surface area contributed by atoms with Gasteiger partial charge in [-0.1, -0.05) is 17.7 Å². The molecule has 3 rings (SSSR count). The van der Waals surface area contributed by atoms with Crippen LogP contribution in [0.2, 0.25) is 5.02 Å². The Morgan fingerprint density at radius 2 is 2.00 bits per heavy atom. The second-order valence-corrected chi connectivity index (χ2v) is 4.72. The zero-order valence-corrected chi connectivity index (χ0v) is 10.7. The standard InChI is InChI=1S/C14H8ClF3O2/c15-9-6-8-3-4-12(14(16,17)18)20-13(8)10(7-9)11-2-1-5-19-11/h1-7,12H. The van der Waals surface area contributed by atoms with E-state index in [4.69, 9.17) is 20.8 Å². The highest BCUT2D eigenvalue weighted by atomic mass is 35.5. The molecular formula is C14H8ClF3O2. The molecule has 0 bridgehead atoms. The molecule has 0 amide bonds. The molecule has 1 aliphatic heterocycles. The van der Waals surface area contributed by atoms with Crippen LogP contribution >= 0.6 is 11.6 Å². The number of fused-ring (bicyclic) bond motifs is 1. The van der Waals surface area contributed by atoms with Gasteiger partial charge in [-0.25, -0.2) is 0 Å². The van der Waals surface area contributed by atoms with E-state index in [9.17, 15) is 13.2 Å². The van der Waals surface area contributed by atoms with Crippen molar-refractivity contribution in [2.75, 3.05) is 0 Å². The highest BCUT2D eigenvalue weighted by molar-refractivity contribution is 6.31. The molecule has 6 heteroatoms. The van der Waals surface area contributed by atoms with Gasteiger partial charge in [-0.3, -0.25) is 0 Å². The summed E-state index contributed by atoms with van der Waals surface area (Å²) in [5.74, 6) is 0.522. The molecule has 104 valence electrons. The van der Waals surface area contributed by atoms with Crippen LogP contribution in [0.25, 0.3) is 17.4 Å². The predicted octanol–water partition coefficient (Wildman–Crippen LogP) is 4.94. The Kier molecular flexibility index (Phi) is 3.01. The molecular weight excluding hydrogens is 293 g/mol. The molecule has 0 fully saturated rings. The first kappa shape index (κ1) is 13.1. The summed E-state index contributed by atoms with van der Waals surface area (Å²) >= 11 is 5.97. The number of benzene rings is 1. The largest absolute Gasteiger partial charge is 0.475 e. The second-order valence-electron chi connectivity index (χ2n) is 4.29. The van der Waals surface area contributed by atoms with Crippen LogP contribution in [0.15, 0.2) is 41.0 Å². The van der Waals surface area contributed by atoms with E-state index in [-0.39, 0.29) is 5.75 Å². The van der Waals surface area contributed by atoms with Crippen molar-refractivity contribution in [1.82, 2.24) is 0 Å². The number of ether oxygens (including phenoxy) is 1. The quantitative estimate of drug-likeness (QED) is 0.744. The van der Waals surface area contributed by atoms with Gasteiger partial charge in [-0.15, -0.1) is 0 Å². The monoisotopic (exact) mass is 300 g/mol. The van der Waals surface area contributed by atoms with E-state index < -0.39 is 12.3 Å². The maximum atomic E-state index is 12.8. The summed E-state index contributed by atoms with van der Waals surface area (Å²) in [4.78, 5) is 0. The van der Waals surface area contributed by atoms with Gasteiger partial charge in [0.2, 0.25) is 6.10 Å². The summed E-state index contributed by atoms with van der Waals surface area (Å²) in [6, 6.07) is 6.34. The lowest BCUT2D eigenvalue weighted by Crippen LogP contribution is -2.34. The first-order chi connectivity index (χ1) is 9.45. The van der Waals surface area contributed by atoms with E-state index in [1.54, 1.807) is 18.2 Å². The van der Waals surface area contributed by atoms with Gasteiger partial charge in [0.25, 0.3) is 0 Å². The minimum absolute atomic E-state index is 0.120. The summed E-state index contributed by atoms with van der Waals surface area (Å²) in [7, 11) is 0. The van der Waals surface area contributed by atoms with Crippen molar-refractivity contribution in [1.29, 1.82) is 0 Å². The minimum Gasteiger partial charge on any atom is -0.475 e. The fraction of sp³-hybridized carbons (Fsp3) is 0.143. The van der Waals surface area contributed by atoms with Gasteiger partial charge >= 0.3 is 6.18 Å². The Bertz CT molecular complexity index is 660. The maximum absolute atomic E-state index is 12.8. The van der Waals surface area contributed by atoms with E-state index in [0.29, 0.717) is 21.9 Å². The molecule has 1 atom stereocenters. The molecule has 1 aromatic carbocycles. The lowest BCUT2D eigenvalue weighted by molar-refractivity contribution is -0.180. The molecule has 0 saturated carbocycles. The SMILES string of the molecule is FC(F)(F)C1C=Cc2cc(Cl)cc(-c3ccco3)c2O1. The van der Waals surface area contributed by atoms with Crippen LogP contribution in [0, 0.1) is 0 Å². The number of hydrogen-bond acceptors (Lipinski definition) is 2. The molecule has 2 heterocycles. The molecule has 0 aliphatic carbocycles. The summed E-state index contributed by atoms with van der Waals surface area (Å²) in [6.07, 6.45) is -2.68. The zero-order chi connectivity index (χ0) is 14.3. The van der Waals surface area contributed by atoms with E-state index in [1.165, 1.54) is 18.4 Å². The third-order valence-corrected chi connectivity index (χ3v) is 3.11. The van der Waals surface area contributed by atoms with Gasteiger partial charge in [0.1, 0.15) is 11.5 Å². The molecule has 1 aromatic heterocycles. The second kappa shape index (κ2) is 4.59. The third kappa shape index (κ3) is 2.29. The predicted molar refractivity (Wildman–Crippen MR) is 68.7 cm³/mol. The van der Waals surface area contributed by atoms with Crippen molar-refractivity contribution in [3.05, 3.63) is 47.2 Å². The number of hydrogen-bond donors (Lipinski definition) is 0. The lowest BCUT2D eigenvalue weighted by Gasteiger charge is -2.25. The minimum atomic E-state index is -4.46. The Balaban J connectivity index is 2.12. The fourth-order valence-corrected chi connectivity index (χ4v) is 2.24. The Morgan fingerprint density at radius 3 is 2.65 bits per heavy atom. The zero-order valence-electron chi connectivity index (χ0n) is 9.95. The van der Waals surface area contributed by atoms with Crippen molar-refractivity contribution in [2.24, 2.45) is 0 Å². The van der Waals surface area contributed by atoms with Crippen LogP contribution in [0.1, 0.15) is 5.56 Å². The van der Waals surface area contributed by atoms with Crippen LogP contribution in [0.4, 0.5) is 13.2 Å². The Morgan fingerprint density at radius 1 is 1.20 bits per heavy atom. The molecule has 2 nitrogen and oxygen atoms in total. The molecule has 0 N–H and O–H groups in total. The van der Waals surface area contributed by atoms with Gasteiger partial charge in [0, 0.05) is 10.6 Å². The van der Waals surface area contributed by atoms with Crippen LogP contribution in [-0.4, -0.2) is 12.3 Å². The van der Waals surface area contributed by atoms with Crippen molar-refractivity contribution < 1.29 is 22.3 Å². The Hall–Kier alpha value is -1.88. The van der Waals surface area contributed by atoms with Gasteiger partial charge in [-0.2, -0.15) is 13.2 Å². The van der Waals surface area contributed by atoms with Gasteiger partial charge in [0.15, 0.2) is 0 Å².